The molecular formula is C43H57BF5N2O9S3. The quantitative estimate of drug-likeness (QED) is 0.106. The molecule has 2 saturated carbocycles. The Morgan fingerprint density at radius 3 is 1.57 bits per heavy atom. The van der Waals surface area contributed by atoms with E-state index in [0.717, 1.165) is 42.5 Å². The van der Waals surface area contributed by atoms with E-state index in [4.69, 9.17) is 5.02 Å². The topological polar surface area (TPSA) is 166 Å². The number of hydrogen-bond acceptors (Lipinski definition) is 11. The molecular weight excluding hydrogens is 890 g/mol. The van der Waals surface area contributed by atoms with Crippen LogP contribution in [0.25, 0.3) is 0 Å². The van der Waals surface area contributed by atoms with Gasteiger partial charge >= 0.3 is 23.3 Å². The van der Waals surface area contributed by atoms with E-state index >= 15 is 0 Å². The largest absolute Gasteiger partial charge is 0.569 e. The van der Waals surface area contributed by atoms with E-state index < -0.39 is 50.7 Å². The number of halogens is 5. The minimum Gasteiger partial charge on any atom is -0.537 e. The van der Waals surface area contributed by atoms with Crippen LogP contribution in [0.5, 0.6) is 5.75 Å². The van der Waals surface area contributed by atoms with Gasteiger partial charge in [0.15, 0.2) is 19.7 Å². The predicted molar refractivity (Wildman–Crippen MR) is 235 cm³/mol. The van der Waals surface area contributed by atoms with Crippen LogP contribution in [0, 0.1) is 35.3 Å². The molecule has 0 amide bonds. The molecule has 2 aliphatic heterocycles. The van der Waals surface area contributed by atoms with Crippen LogP contribution in [-0.2, 0) is 34.0 Å². The lowest BCUT2D eigenvalue weighted by molar-refractivity contribution is -0.0504. The minimum atomic E-state index is -5.72. The Morgan fingerprint density at radius 2 is 1.13 bits per heavy atom. The zero-order chi connectivity index (χ0) is 47.0. The highest BCUT2D eigenvalue weighted by atomic mass is 32.2. The molecule has 63 heavy (non-hydrogen) atoms. The number of rotatable bonds is 10. The molecule has 1 N–H and O–H groups in total. The SMILES string of the molecule is CC(C)(C)S(=O)(=O)CC1CCC(C2=CC(OS(=O)(=O)C(F)(F)F)=NC2)CC1.CC(C)(C)S(=O)(=O)CC1CCC(C2=CC(c3cccc(F)c3)=NC2)CC1.O[B]Oc1cccc(F)c1. The number of aliphatic imine (C=N–C) groups is 2. The lowest BCUT2D eigenvalue weighted by Gasteiger charge is -2.31. The summed E-state index contributed by atoms with van der Waals surface area (Å²) in [6, 6.07) is 12.1. The maximum absolute atomic E-state index is 13.4. The molecule has 1 radical (unpaired) electrons. The van der Waals surface area contributed by atoms with Gasteiger partial charge < -0.3 is 13.9 Å². The van der Waals surface area contributed by atoms with Gasteiger partial charge in [-0.1, -0.05) is 18.2 Å². The van der Waals surface area contributed by atoms with Crippen molar-refractivity contribution in [2.24, 2.45) is 33.7 Å². The summed E-state index contributed by atoms with van der Waals surface area (Å²) in [6.45, 7) is 11.1. The summed E-state index contributed by atoms with van der Waals surface area (Å²) in [4.78, 5) is 8.30. The molecule has 0 bridgehead atoms. The second kappa shape index (κ2) is 21.1. The Balaban J connectivity index is 0.000000227. The van der Waals surface area contributed by atoms with Crippen molar-refractivity contribution >= 4 is 49.1 Å². The van der Waals surface area contributed by atoms with Crippen molar-refractivity contribution in [1.29, 1.82) is 0 Å². The van der Waals surface area contributed by atoms with E-state index in [2.05, 4.69) is 24.9 Å². The van der Waals surface area contributed by atoms with Gasteiger partial charge in [-0.2, -0.15) is 21.6 Å². The van der Waals surface area contributed by atoms with Crippen molar-refractivity contribution in [3.8, 4) is 5.75 Å². The molecule has 2 fully saturated rings. The molecule has 349 valence electrons. The van der Waals surface area contributed by atoms with Crippen molar-refractivity contribution in [1.82, 2.24) is 0 Å². The fourth-order valence-corrected chi connectivity index (χ4v) is 10.8. The lowest BCUT2D eigenvalue weighted by atomic mass is 9.79. The van der Waals surface area contributed by atoms with Crippen molar-refractivity contribution in [2.75, 3.05) is 24.6 Å². The van der Waals surface area contributed by atoms with Crippen molar-refractivity contribution < 1.29 is 61.1 Å². The minimum absolute atomic E-state index is 0.0389. The third kappa shape index (κ3) is 15.0. The zero-order valence-electron chi connectivity index (χ0n) is 36.4. The fraction of sp³-hybridized carbons (Fsp3) is 0.581. The third-order valence-electron chi connectivity index (χ3n) is 11.6. The van der Waals surface area contributed by atoms with Crippen LogP contribution in [0.1, 0.15) is 98.5 Å². The summed E-state index contributed by atoms with van der Waals surface area (Å²) in [5, 5.41) is 8.14. The highest BCUT2D eigenvalue weighted by molar-refractivity contribution is 7.93. The number of alkyl halides is 3. The molecule has 2 heterocycles. The number of hydrogen-bond donors (Lipinski definition) is 1. The molecule has 0 saturated heterocycles. The Hall–Kier alpha value is -3.62. The van der Waals surface area contributed by atoms with E-state index in [0.29, 0.717) is 51.6 Å². The lowest BCUT2D eigenvalue weighted by Crippen LogP contribution is -2.34. The average molecular weight is 948 g/mol. The van der Waals surface area contributed by atoms with Crippen LogP contribution >= 0.6 is 0 Å². The Kier molecular flexibility index (Phi) is 17.4. The van der Waals surface area contributed by atoms with Crippen LogP contribution < -0.4 is 4.65 Å². The summed E-state index contributed by atoms with van der Waals surface area (Å²) in [7, 11) is -11.5. The first-order chi connectivity index (χ1) is 29.1. The molecule has 2 aliphatic carbocycles. The number of sulfone groups is 2. The molecule has 4 aliphatic rings. The number of nitrogens with zero attached hydrogens (tertiary/aromatic N) is 2. The van der Waals surface area contributed by atoms with Gasteiger partial charge in [-0.3, -0.25) is 4.99 Å². The van der Waals surface area contributed by atoms with Crippen LogP contribution in [0.3, 0.4) is 0 Å². The van der Waals surface area contributed by atoms with Gasteiger partial charge in [-0.05, 0) is 158 Å². The summed E-state index contributed by atoms with van der Waals surface area (Å²) in [6.07, 6.45) is 10.0. The van der Waals surface area contributed by atoms with E-state index in [1.807, 2.05) is 6.07 Å². The standard InChI is InChI=1S/C21H28FNO2S.C16H24F3NO5S2.C6H5BFO2/c1-21(2,3)26(24,25)14-15-7-9-16(10-8-15)18-12-20(23-13-18)17-5-4-6-19(22)11-17;1-15(2,3)26(21,22)10-11-4-6-12(7-5-11)13-8-14(20-9-13)25-27(23,24)16(17,18)19;8-5-2-1-3-6(4-5)10-7-9/h4-6,11-12,15-16H,7-10,13-14H2,1-3H3;8,11-12H,4-7,9-10H2,1-3H3;1-4,9H. The van der Waals surface area contributed by atoms with Crippen LogP contribution in [-0.4, -0.2) is 89.2 Å². The van der Waals surface area contributed by atoms with Crippen molar-refractivity contribution in [3.05, 3.63) is 89.0 Å². The van der Waals surface area contributed by atoms with Crippen molar-refractivity contribution in [3.63, 3.8) is 0 Å². The van der Waals surface area contributed by atoms with Crippen molar-refractivity contribution in [2.45, 2.75) is 108 Å². The van der Waals surface area contributed by atoms with E-state index in [9.17, 15) is 47.2 Å². The highest BCUT2D eigenvalue weighted by Gasteiger charge is 2.49. The second-order valence-corrected chi connectivity index (χ2v) is 25.3. The maximum Gasteiger partial charge on any atom is 0.569 e. The number of allylic oxidation sites excluding steroid dienone is 1. The molecule has 2 aromatic rings. The highest BCUT2D eigenvalue weighted by Crippen LogP contribution is 2.38. The third-order valence-corrected chi connectivity index (χ3v) is 18.1. The first-order valence-electron chi connectivity index (χ1n) is 20.7. The van der Waals surface area contributed by atoms with Gasteiger partial charge in [0.25, 0.3) is 0 Å². The second-order valence-electron chi connectivity index (χ2n) is 18.2. The molecule has 2 aromatic carbocycles. The Morgan fingerprint density at radius 1 is 0.667 bits per heavy atom. The van der Waals surface area contributed by atoms with Crippen LogP contribution in [0.15, 0.2) is 81.8 Å². The predicted octanol–water partition coefficient (Wildman–Crippen LogP) is 8.52. The summed E-state index contributed by atoms with van der Waals surface area (Å²) in [5.41, 5.74) is -1.79. The first kappa shape index (κ1) is 52.0. The molecule has 0 spiro atoms. The summed E-state index contributed by atoms with van der Waals surface area (Å²) >= 11 is 0. The zero-order valence-corrected chi connectivity index (χ0v) is 38.8. The monoisotopic (exact) mass is 947 g/mol. The molecule has 0 aromatic heterocycles. The van der Waals surface area contributed by atoms with Gasteiger partial charge in [-0.25, -0.2) is 30.6 Å². The Bertz CT molecular complexity index is 2360. The van der Waals surface area contributed by atoms with Crippen LogP contribution in [0.2, 0.25) is 0 Å². The van der Waals surface area contributed by atoms with Gasteiger partial charge in [0, 0.05) is 17.7 Å². The molecule has 6 rings (SSSR count). The average Bonchev–Trinajstić information content (AvgIpc) is 3.85. The van der Waals surface area contributed by atoms with Gasteiger partial charge in [0.2, 0.25) is 5.90 Å². The van der Waals surface area contributed by atoms with Crippen LogP contribution in [0.4, 0.5) is 22.0 Å². The normalized spacial score (nSPS) is 22.2. The fourth-order valence-electron chi connectivity index (χ4n) is 7.51. The van der Waals surface area contributed by atoms with E-state index in [1.54, 1.807) is 47.6 Å². The number of benzene rings is 2. The molecule has 0 atom stereocenters. The Labute approximate surface area is 369 Å². The van der Waals surface area contributed by atoms with Gasteiger partial charge in [0.1, 0.15) is 17.4 Å². The summed E-state index contributed by atoms with van der Waals surface area (Å²) in [5.74, 6) is 0.338. The smallest absolute Gasteiger partial charge is 0.537 e. The van der Waals surface area contributed by atoms with E-state index in [-0.39, 0.29) is 47.4 Å². The molecule has 11 nitrogen and oxygen atoms in total. The van der Waals surface area contributed by atoms with Gasteiger partial charge in [-0.15, -0.1) is 0 Å². The maximum atomic E-state index is 13.4. The van der Waals surface area contributed by atoms with Gasteiger partial charge in [0.05, 0.1) is 39.8 Å². The molecule has 20 heteroatoms. The summed E-state index contributed by atoms with van der Waals surface area (Å²) < 4.78 is 141. The molecule has 0 unspecified atom stereocenters. The van der Waals surface area contributed by atoms with E-state index in [1.165, 1.54) is 48.0 Å². The first-order valence-corrected chi connectivity index (χ1v) is 25.4.